The highest BCUT2D eigenvalue weighted by Crippen LogP contribution is 2.28. The molecule has 0 fully saturated rings. The normalized spacial score (nSPS) is 10.3. The van der Waals surface area contributed by atoms with Crippen LogP contribution in [-0.4, -0.2) is 22.6 Å². The third-order valence-corrected chi connectivity index (χ3v) is 3.26. The number of hydrogen-bond acceptors (Lipinski definition) is 4. The topological polar surface area (TPSA) is 53.4 Å². The molecule has 0 amide bonds. The fourth-order valence-corrected chi connectivity index (χ4v) is 2.42. The number of carbonyl (C=O) groups is 1. The monoisotopic (exact) mass is 266 g/mol. The van der Waals surface area contributed by atoms with Gasteiger partial charge in [0, 0.05) is 17.6 Å². The summed E-state index contributed by atoms with van der Waals surface area (Å²) in [6.45, 7) is 2.55. The van der Waals surface area contributed by atoms with E-state index in [4.69, 9.17) is 5.11 Å². The van der Waals surface area contributed by atoms with Crippen molar-refractivity contribution in [2.24, 2.45) is 0 Å². The number of carboxylic acids is 1. The van der Waals surface area contributed by atoms with Gasteiger partial charge in [-0.25, -0.2) is 14.2 Å². The van der Waals surface area contributed by atoms with Crippen LogP contribution >= 0.6 is 11.3 Å². The van der Waals surface area contributed by atoms with Gasteiger partial charge in [-0.2, -0.15) is 0 Å². The van der Waals surface area contributed by atoms with Crippen molar-refractivity contribution in [1.82, 2.24) is 4.98 Å². The highest BCUT2D eigenvalue weighted by molar-refractivity contribution is 7.14. The fraction of sp³-hybridized carbons (Fsp3) is 0.167. The molecule has 18 heavy (non-hydrogen) atoms. The summed E-state index contributed by atoms with van der Waals surface area (Å²) in [6, 6.07) is 6.01. The summed E-state index contributed by atoms with van der Waals surface area (Å²) in [4.78, 5) is 16.6. The molecule has 6 heteroatoms. The second kappa shape index (κ2) is 5.14. The van der Waals surface area contributed by atoms with Crippen LogP contribution in [0.25, 0.3) is 0 Å². The van der Waals surface area contributed by atoms with E-state index in [9.17, 15) is 9.18 Å². The quantitative estimate of drug-likeness (QED) is 0.923. The predicted molar refractivity (Wildman–Crippen MR) is 68.2 cm³/mol. The Labute approximate surface area is 107 Å². The molecule has 0 unspecified atom stereocenters. The fourth-order valence-electron chi connectivity index (χ4n) is 1.54. The molecule has 0 aliphatic heterocycles. The molecule has 2 aromatic rings. The molecule has 2 rings (SSSR count). The lowest BCUT2D eigenvalue weighted by Crippen LogP contribution is -2.16. The van der Waals surface area contributed by atoms with Crippen LogP contribution in [0.1, 0.15) is 17.4 Å². The van der Waals surface area contributed by atoms with Crippen LogP contribution in [0, 0.1) is 5.82 Å². The number of carboxylic acid groups (broad SMARTS) is 1. The van der Waals surface area contributed by atoms with E-state index < -0.39 is 5.97 Å². The van der Waals surface area contributed by atoms with Crippen molar-refractivity contribution in [2.75, 3.05) is 11.4 Å². The number of hydrogen-bond donors (Lipinski definition) is 1. The Morgan fingerprint density at radius 1 is 1.44 bits per heavy atom. The van der Waals surface area contributed by atoms with Crippen LogP contribution in [0.5, 0.6) is 0 Å². The molecule has 94 valence electrons. The molecule has 0 atom stereocenters. The highest BCUT2D eigenvalue weighted by Gasteiger charge is 2.14. The molecule has 1 N–H and O–H groups in total. The smallest absolute Gasteiger partial charge is 0.355 e. The largest absolute Gasteiger partial charge is 0.476 e. The van der Waals surface area contributed by atoms with Gasteiger partial charge in [-0.1, -0.05) is 0 Å². The van der Waals surface area contributed by atoms with Gasteiger partial charge in [0.2, 0.25) is 0 Å². The first-order valence-corrected chi connectivity index (χ1v) is 6.21. The van der Waals surface area contributed by atoms with Crippen molar-refractivity contribution < 1.29 is 14.3 Å². The van der Waals surface area contributed by atoms with E-state index in [1.54, 1.807) is 12.1 Å². The third-order valence-electron chi connectivity index (χ3n) is 2.40. The van der Waals surface area contributed by atoms with Gasteiger partial charge in [-0.3, -0.25) is 0 Å². The standard InChI is InChI=1S/C12H11FN2O2S/c1-2-15(9-5-3-8(13)4-6-9)12-14-10(7-18-12)11(16)17/h3-7H,2H2,1H3,(H,16,17). The van der Waals surface area contributed by atoms with Crippen LogP contribution in [0.3, 0.4) is 0 Å². The zero-order valence-electron chi connectivity index (χ0n) is 9.63. The molecule has 0 saturated carbocycles. The van der Waals surface area contributed by atoms with Crippen LogP contribution in [0.15, 0.2) is 29.6 Å². The lowest BCUT2D eigenvalue weighted by Gasteiger charge is -2.19. The van der Waals surface area contributed by atoms with E-state index >= 15 is 0 Å². The van der Waals surface area contributed by atoms with Crippen molar-refractivity contribution in [3.8, 4) is 0 Å². The van der Waals surface area contributed by atoms with E-state index in [0.29, 0.717) is 11.7 Å². The van der Waals surface area contributed by atoms with Crippen molar-refractivity contribution >= 4 is 28.1 Å². The van der Waals surface area contributed by atoms with Crippen molar-refractivity contribution in [3.05, 3.63) is 41.2 Å². The number of anilines is 2. The zero-order chi connectivity index (χ0) is 13.1. The summed E-state index contributed by atoms with van der Waals surface area (Å²) >= 11 is 1.25. The minimum Gasteiger partial charge on any atom is -0.476 e. The summed E-state index contributed by atoms with van der Waals surface area (Å²) in [6.07, 6.45) is 0. The summed E-state index contributed by atoms with van der Waals surface area (Å²) in [5, 5.41) is 10.9. The molecule has 4 nitrogen and oxygen atoms in total. The van der Waals surface area contributed by atoms with Crippen LogP contribution in [-0.2, 0) is 0 Å². The Kier molecular flexibility index (Phi) is 3.57. The Balaban J connectivity index is 2.32. The summed E-state index contributed by atoms with van der Waals surface area (Å²) < 4.78 is 12.9. The SMILES string of the molecule is CCN(c1ccc(F)cc1)c1nc(C(=O)O)cs1. The number of benzene rings is 1. The number of thiazole rings is 1. The van der Waals surface area contributed by atoms with Gasteiger partial charge >= 0.3 is 5.97 Å². The molecule has 0 saturated heterocycles. The maximum atomic E-state index is 12.9. The molecule has 1 aromatic heterocycles. The van der Waals surface area contributed by atoms with Crippen molar-refractivity contribution in [1.29, 1.82) is 0 Å². The molecule has 0 aliphatic rings. The molecule has 0 bridgehead atoms. The van der Waals surface area contributed by atoms with Gasteiger partial charge in [-0.05, 0) is 31.2 Å². The first kappa shape index (κ1) is 12.5. The Hall–Kier alpha value is -1.95. The number of nitrogens with zero attached hydrogens (tertiary/aromatic N) is 2. The zero-order valence-corrected chi connectivity index (χ0v) is 10.4. The molecular formula is C12H11FN2O2S. The second-order valence-electron chi connectivity index (χ2n) is 3.54. The van der Waals surface area contributed by atoms with Crippen LogP contribution in [0.2, 0.25) is 0 Å². The van der Waals surface area contributed by atoms with E-state index in [-0.39, 0.29) is 11.5 Å². The summed E-state index contributed by atoms with van der Waals surface area (Å²) in [7, 11) is 0. The average molecular weight is 266 g/mol. The summed E-state index contributed by atoms with van der Waals surface area (Å²) in [5.41, 5.74) is 0.806. The van der Waals surface area contributed by atoms with E-state index in [1.807, 2.05) is 11.8 Å². The van der Waals surface area contributed by atoms with Crippen molar-refractivity contribution in [3.63, 3.8) is 0 Å². The van der Waals surface area contributed by atoms with Gasteiger partial charge in [-0.15, -0.1) is 11.3 Å². The average Bonchev–Trinajstić information content (AvgIpc) is 2.82. The van der Waals surface area contributed by atoms with Gasteiger partial charge in [0.25, 0.3) is 0 Å². The number of aromatic nitrogens is 1. The first-order valence-electron chi connectivity index (χ1n) is 5.33. The lowest BCUT2D eigenvalue weighted by atomic mass is 10.3. The lowest BCUT2D eigenvalue weighted by molar-refractivity contribution is 0.0691. The predicted octanol–water partition coefficient (Wildman–Crippen LogP) is 3.14. The number of halogens is 1. The molecule has 1 heterocycles. The minimum absolute atomic E-state index is 0.0237. The maximum Gasteiger partial charge on any atom is 0.355 e. The Morgan fingerprint density at radius 3 is 2.61 bits per heavy atom. The molecule has 0 spiro atoms. The van der Waals surface area contributed by atoms with Crippen molar-refractivity contribution in [2.45, 2.75) is 6.92 Å². The first-order chi connectivity index (χ1) is 8.61. The molecule has 1 aromatic carbocycles. The van der Waals surface area contributed by atoms with Gasteiger partial charge in [0.15, 0.2) is 10.8 Å². The molecule has 0 aliphatic carbocycles. The van der Waals surface area contributed by atoms with Gasteiger partial charge in [0.1, 0.15) is 5.82 Å². The Morgan fingerprint density at radius 2 is 2.11 bits per heavy atom. The van der Waals surface area contributed by atoms with Crippen LogP contribution < -0.4 is 4.90 Å². The number of rotatable bonds is 4. The number of aromatic carboxylic acids is 1. The molecular weight excluding hydrogens is 255 g/mol. The third kappa shape index (κ3) is 2.48. The molecule has 0 radical (unpaired) electrons. The van der Waals surface area contributed by atoms with E-state index in [2.05, 4.69) is 4.98 Å². The second-order valence-corrected chi connectivity index (χ2v) is 4.38. The maximum absolute atomic E-state index is 12.9. The van der Waals surface area contributed by atoms with E-state index in [1.165, 1.54) is 28.8 Å². The minimum atomic E-state index is -1.05. The van der Waals surface area contributed by atoms with E-state index in [0.717, 1.165) is 5.69 Å². The van der Waals surface area contributed by atoms with Gasteiger partial charge in [0.05, 0.1) is 0 Å². The van der Waals surface area contributed by atoms with Gasteiger partial charge < -0.3 is 10.0 Å². The highest BCUT2D eigenvalue weighted by atomic mass is 32.1. The Bertz CT molecular complexity index is 553. The summed E-state index contributed by atoms with van der Waals surface area (Å²) in [5.74, 6) is -1.35. The van der Waals surface area contributed by atoms with Crippen LogP contribution in [0.4, 0.5) is 15.2 Å².